The van der Waals surface area contributed by atoms with Crippen LogP contribution in [0.25, 0.3) is 0 Å². The van der Waals surface area contributed by atoms with Gasteiger partial charge in [-0.3, -0.25) is 4.79 Å². The molecule has 1 aromatic rings. The van der Waals surface area contributed by atoms with Gasteiger partial charge < -0.3 is 16.2 Å². The number of carbonyl (C=O) groups excluding carboxylic acids is 1. The Morgan fingerprint density at radius 2 is 2.19 bits per heavy atom. The minimum atomic E-state index is -0.615. The van der Waals surface area contributed by atoms with Crippen LogP contribution in [0.15, 0.2) is 24.3 Å². The van der Waals surface area contributed by atoms with Crippen molar-refractivity contribution in [3.05, 3.63) is 35.4 Å². The molecule has 0 aromatic heterocycles. The summed E-state index contributed by atoms with van der Waals surface area (Å²) in [5.74, 6) is -0.200. The predicted octanol–water partition coefficient (Wildman–Crippen LogP) is 0.646. The van der Waals surface area contributed by atoms with Crippen LogP contribution < -0.4 is 11.1 Å². The van der Waals surface area contributed by atoms with E-state index in [0.717, 1.165) is 5.56 Å². The van der Waals surface area contributed by atoms with Crippen molar-refractivity contribution in [1.82, 2.24) is 5.32 Å². The highest BCUT2D eigenvalue weighted by atomic mass is 16.3. The third-order valence-electron chi connectivity index (χ3n) is 2.27. The summed E-state index contributed by atoms with van der Waals surface area (Å²) in [4.78, 5) is 11.8. The smallest absolute Gasteiger partial charge is 0.251 e. The molecule has 4 N–H and O–H groups in total. The Morgan fingerprint density at radius 1 is 1.50 bits per heavy atom. The van der Waals surface area contributed by atoms with Crippen LogP contribution in [0.4, 0.5) is 0 Å². The molecule has 0 fully saturated rings. The molecule has 0 bridgehead atoms. The lowest BCUT2D eigenvalue weighted by Crippen LogP contribution is -2.46. The second-order valence-electron chi connectivity index (χ2n) is 4.40. The van der Waals surface area contributed by atoms with Crippen LogP contribution in [0.3, 0.4) is 0 Å². The first-order valence-electron chi connectivity index (χ1n) is 5.21. The van der Waals surface area contributed by atoms with Gasteiger partial charge in [0.05, 0.1) is 12.1 Å². The number of carbonyl (C=O) groups is 1. The summed E-state index contributed by atoms with van der Waals surface area (Å²) in [7, 11) is 0. The molecule has 0 unspecified atom stereocenters. The summed E-state index contributed by atoms with van der Waals surface area (Å²) in [6.07, 6.45) is 0. The fourth-order valence-corrected chi connectivity index (χ4v) is 1.26. The maximum atomic E-state index is 11.8. The molecule has 88 valence electrons. The van der Waals surface area contributed by atoms with Crippen LogP contribution in [0, 0.1) is 0 Å². The van der Waals surface area contributed by atoms with E-state index < -0.39 is 5.54 Å². The fourth-order valence-electron chi connectivity index (χ4n) is 1.26. The van der Waals surface area contributed by atoms with E-state index in [1.807, 2.05) is 6.07 Å². The minimum absolute atomic E-state index is 0.102. The lowest BCUT2D eigenvalue weighted by atomic mass is 10.1. The average Bonchev–Trinajstić information content (AvgIpc) is 2.28. The maximum absolute atomic E-state index is 11.8. The third kappa shape index (κ3) is 3.32. The second-order valence-corrected chi connectivity index (χ2v) is 4.40. The van der Waals surface area contributed by atoms with Crippen LogP contribution in [-0.2, 0) is 6.54 Å². The Labute approximate surface area is 95.5 Å². The van der Waals surface area contributed by atoms with Gasteiger partial charge >= 0.3 is 0 Å². The molecule has 4 heteroatoms. The van der Waals surface area contributed by atoms with Crippen molar-refractivity contribution < 1.29 is 9.90 Å². The van der Waals surface area contributed by atoms with Crippen molar-refractivity contribution in [3.63, 3.8) is 0 Å². The van der Waals surface area contributed by atoms with E-state index in [1.165, 1.54) is 0 Å². The quantitative estimate of drug-likeness (QED) is 0.700. The van der Waals surface area contributed by atoms with Crippen LogP contribution in [0.1, 0.15) is 29.8 Å². The van der Waals surface area contributed by atoms with Crippen molar-refractivity contribution in [1.29, 1.82) is 0 Å². The molecule has 1 rings (SSSR count). The van der Waals surface area contributed by atoms with Crippen LogP contribution in [0.2, 0.25) is 0 Å². The molecule has 0 radical (unpaired) electrons. The highest BCUT2D eigenvalue weighted by molar-refractivity contribution is 5.94. The van der Waals surface area contributed by atoms with E-state index in [4.69, 9.17) is 10.8 Å². The Hall–Kier alpha value is -1.39. The molecule has 1 amide bonds. The van der Waals surface area contributed by atoms with E-state index in [9.17, 15) is 4.79 Å². The Bertz CT molecular complexity index is 375. The van der Waals surface area contributed by atoms with Gasteiger partial charge in [0.15, 0.2) is 0 Å². The molecule has 1 aromatic carbocycles. The van der Waals surface area contributed by atoms with Gasteiger partial charge in [-0.25, -0.2) is 0 Å². The molecule has 0 saturated carbocycles. The van der Waals surface area contributed by atoms with E-state index in [1.54, 1.807) is 32.0 Å². The van der Waals surface area contributed by atoms with Crippen molar-refractivity contribution in [3.8, 4) is 0 Å². The zero-order valence-corrected chi connectivity index (χ0v) is 9.66. The number of nitrogens with one attached hydrogen (secondary N) is 1. The van der Waals surface area contributed by atoms with E-state index >= 15 is 0 Å². The largest absolute Gasteiger partial charge is 0.394 e. The first-order valence-corrected chi connectivity index (χ1v) is 5.21. The predicted molar refractivity (Wildman–Crippen MR) is 63.0 cm³/mol. The van der Waals surface area contributed by atoms with Crippen molar-refractivity contribution in [2.75, 3.05) is 6.61 Å². The molecule has 16 heavy (non-hydrogen) atoms. The van der Waals surface area contributed by atoms with Gasteiger partial charge in [-0.05, 0) is 31.5 Å². The summed E-state index contributed by atoms with van der Waals surface area (Å²) >= 11 is 0. The highest BCUT2D eigenvalue weighted by Gasteiger charge is 2.19. The van der Waals surface area contributed by atoms with E-state index in [0.29, 0.717) is 12.1 Å². The molecule has 0 saturated heterocycles. The Kier molecular flexibility index (Phi) is 4.04. The zero-order chi connectivity index (χ0) is 12.2. The number of rotatable bonds is 4. The summed E-state index contributed by atoms with van der Waals surface area (Å²) in [6, 6.07) is 7.14. The molecule has 0 aliphatic carbocycles. The second kappa shape index (κ2) is 5.09. The van der Waals surface area contributed by atoms with Gasteiger partial charge in [0.2, 0.25) is 0 Å². The standard InChI is InChI=1S/C12H18N2O2/c1-12(2,8-15)14-11(16)10-5-3-4-9(6-10)7-13/h3-6,15H,7-8,13H2,1-2H3,(H,14,16). The van der Waals surface area contributed by atoms with E-state index in [-0.39, 0.29) is 12.5 Å². The Balaban J connectivity index is 2.80. The van der Waals surface area contributed by atoms with Gasteiger partial charge in [0.1, 0.15) is 0 Å². The average molecular weight is 222 g/mol. The molecule has 0 atom stereocenters. The van der Waals surface area contributed by atoms with Gasteiger partial charge in [-0.15, -0.1) is 0 Å². The first kappa shape index (κ1) is 12.7. The molecular weight excluding hydrogens is 204 g/mol. The normalized spacial score (nSPS) is 11.2. The molecule has 0 aliphatic rings. The highest BCUT2D eigenvalue weighted by Crippen LogP contribution is 2.07. The topological polar surface area (TPSA) is 75.3 Å². The Morgan fingerprint density at radius 3 is 2.75 bits per heavy atom. The first-order chi connectivity index (χ1) is 7.48. The number of hydrogen-bond donors (Lipinski definition) is 3. The van der Waals surface area contributed by atoms with Gasteiger partial charge in [-0.1, -0.05) is 12.1 Å². The van der Waals surface area contributed by atoms with Crippen molar-refractivity contribution >= 4 is 5.91 Å². The SMILES string of the molecule is CC(C)(CO)NC(=O)c1cccc(CN)c1. The molecule has 0 heterocycles. The van der Waals surface area contributed by atoms with Crippen LogP contribution in [0.5, 0.6) is 0 Å². The zero-order valence-electron chi connectivity index (χ0n) is 9.66. The number of benzene rings is 1. The minimum Gasteiger partial charge on any atom is -0.394 e. The third-order valence-corrected chi connectivity index (χ3v) is 2.27. The van der Waals surface area contributed by atoms with Crippen LogP contribution >= 0.6 is 0 Å². The molecular formula is C12H18N2O2. The number of aliphatic hydroxyl groups excluding tert-OH is 1. The molecule has 0 aliphatic heterocycles. The monoisotopic (exact) mass is 222 g/mol. The summed E-state index contributed by atoms with van der Waals surface area (Å²) in [5.41, 5.74) is 6.36. The summed E-state index contributed by atoms with van der Waals surface area (Å²) in [5, 5.41) is 11.8. The number of nitrogens with two attached hydrogens (primary N) is 1. The molecule has 0 spiro atoms. The molecule has 4 nitrogen and oxygen atoms in total. The lowest BCUT2D eigenvalue weighted by molar-refractivity contribution is 0.0869. The van der Waals surface area contributed by atoms with Gasteiger partial charge in [0.25, 0.3) is 5.91 Å². The summed E-state index contributed by atoms with van der Waals surface area (Å²) in [6.45, 7) is 3.83. The lowest BCUT2D eigenvalue weighted by Gasteiger charge is -2.23. The van der Waals surface area contributed by atoms with E-state index in [2.05, 4.69) is 5.32 Å². The van der Waals surface area contributed by atoms with Gasteiger partial charge in [0, 0.05) is 12.1 Å². The summed E-state index contributed by atoms with van der Waals surface area (Å²) < 4.78 is 0. The number of aliphatic hydroxyl groups is 1. The maximum Gasteiger partial charge on any atom is 0.251 e. The number of hydrogen-bond acceptors (Lipinski definition) is 3. The number of amides is 1. The van der Waals surface area contributed by atoms with Crippen molar-refractivity contribution in [2.24, 2.45) is 5.73 Å². The van der Waals surface area contributed by atoms with Gasteiger partial charge in [-0.2, -0.15) is 0 Å². The van der Waals surface area contributed by atoms with Crippen molar-refractivity contribution in [2.45, 2.75) is 25.9 Å². The fraction of sp³-hybridized carbons (Fsp3) is 0.417. The van der Waals surface area contributed by atoms with Crippen LogP contribution in [-0.4, -0.2) is 23.2 Å².